The molecule has 0 spiro atoms. The lowest BCUT2D eigenvalue weighted by molar-refractivity contribution is 0.0500. The molecule has 0 aliphatic carbocycles. The topological polar surface area (TPSA) is 32.3 Å². The summed E-state index contributed by atoms with van der Waals surface area (Å²) in [5, 5.41) is 15.0. The van der Waals surface area contributed by atoms with Crippen LogP contribution in [0.15, 0.2) is 18.2 Å². The number of rotatable bonds is 5. The minimum atomic E-state index is -0.782. The molecule has 2 N–H and O–H groups in total. The fraction of sp³-hybridized carbons (Fsp3) is 0.600. The third kappa shape index (κ3) is 6.62. The van der Waals surface area contributed by atoms with E-state index in [0.717, 1.165) is 12.1 Å². The first kappa shape index (κ1) is 16.8. The van der Waals surface area contributed by atoms with Crippen LogP contribution in [0.5, 0.6) is 0 Å². The van der Waals surface area contributed by atoms with Gasteiger partial charge in [-0.2, -0.15) is 0 Å². The maximum absolute atomic E-state index is 10.4. The highest BCUT2D eigenvalue weighted by atomic mass is 35.5. The van der Waals surface area contributed by atoms with Crippen LogP contribution in [0.25, 0.3) is 0 Å². The number of nitrogens with one attached hydrogen (secondary N) is 1. The van der Waals surface area contributed by atoms with Gasteiger partial charge in [-0.15, -0.1) is 0 Å². The van der Waals surface area contributed by atoms with Crippen LogP contribution >= 0.6 is 23.2 Å². The van der Waals surface area contributed by atoms with Gasteiger partial charge in [0.2, 0.25) is 0 Å². The minimum Gasteiger partial charge on any atom is -0.390 e. The van der Waals surface area contributed by atoms with E-state index in [9.17, 15) is 5.11 Å². The molecule has 0 bridgehead atoms. The van der Waals surface area contributed by atoms with Crippen LogP contribution in [0.1, 0.15) is 39.7 Å². The highest BCUT2D eigenvalue weighted by molar-refractivity contribution is 6.35. The summed E-state index contributed by atoms with van der Waals surface area (Å²) in [5.74, 6) is 0. The van der Waals surface area contributed by atoms with E-state index >= 15 is 0 Å². The standard InChI is InChI=1S/C15H23Cl2NO/c1-14(2,3)18-8-7-15(4,19)10-11-5-6-12(16)9-13(11)17/h5-6,9,18-19H,7-8,10H2,1-4H3. The van der Waals surface area contributed by atoms with Gasteiger partial charge in [-0.25, -0.2) is 0 Å². The smallest absolute Gasteiger partial charge is 0.0672 e. The van der Waals surface area contributed by atoms with Gasteiger partial charge in [-0.05, 0) is 58.4 Å². The molecule has 0 radical (unpaired) electrons. The molecule has 0 aliphatic heterocycles. The molecule has 1 rings (SSSR count). The molecule has 0 aromatic heterocycles. The number of hydrogen-bond donors (Lipinski definition) is 2. The van der Waals surface area contributed by atoms with Gasteiger partial charge in [0.05, 0.1) is 5.60 Å². The van der Waals surface area contributed by atoms with Crippen molar-refractivity contribution in [2.24, 2.45) is 0 Å². The molecular formula is C15H23Cl2NO. The molecule has 19 heavy (non-hydrogen) atoms. The second-order valence-corrected chi connectivity index (χ2v) is 7.18. The van der Waals surface area contributed by atoms with Crippen LogP contribution < -0.4 is 5.32 Å². The van der Waals surface area contributed by atoms with Crippen LogP contribution in [0.4, 0.5) is 0 Å². The van der Waals surface area contributed by atoms with Crippen LogP contribution in [0.2, 0.25) is 10.0 Å². The Labute approximate surface area is 126 Å². The second kappa shape index (κ2) is 6.45. The van der Waals surface area contributed by atoms with Crippen molar-refractivity contribution in [3.8, 4) is 0 Å². The van der Waals surface area contributed by atoms with Gasteiger partial charge in [-0.3, -0.25) is 0 Å². The lowest BCUT2D eigenvalue weighted by Gasteiger charge is -2.27. The Kier molecular flexibility index (Phi) is 5.69. The van der Waals surface area contributed by atoms with Crippen molar-refractivity contribution < 1.29 is 5.11 Å². The molecule has 0 amide bonds. The predicted octanol–water partition coefficient (Wildman–Crippen LogP) is 4.07. The SMILES string of the molecule is CC(O)(CCNC(C)(C)C)Cc1ccc(Cl)cc1Cl. The lowest BCUT2D eigenvalue weighted by Crippen LogP contribution is -2.40. The molecule has 1 aromatic rings. The third-order valence-electron chi connectivity index (χ3n) is 2.91. The van der Waals surface area contributed by atoms with Crippen molar-refractivity contribution in [3.63, 3.8) is 0 Å². The molecule has 4 heteroatoms. The van der Waals surface area contributed by atoms with E-state index in [4.69, 9.17) is 23.2 Å². The predicted molar refractivity (Wildman–Crippen MR) is 83.2 cm³/mol. The van der Waals surface area contributed by atoms with Crippen molar-refractivity contribution in [1.29, 1.82) is 0 Å². The maximum atomic E-state index is 10.4. The molecule has 108 valence electrons. The first-order valence-corrected chi connectivity index (χ1v) is 7.26. The summed E-state index contributed by atoms with van der Waals surface area (Å²) in [6, 6.07) is 5.38. The van der Waals surface area contributed by atoms with Crippen LogP contribution in [0, 0.1) is 0 Å². The van der Waals surface area contributed by atoms with Gasteiger partial charge in [0.15, 0.2) is 0 Å². The van der Waals surface area contributed by atoms with Crippen LogP contribution in [-0.2, 0) is 6.42 Å². The monoisotopic (exact) mass is 303 g/mol. The van der Waals surface area contributed by atoms with Crippen LogP contribution in [0.3, 0.4) is 0 Å². The Bertz CT molecular complexity index is 425. The van der Waals surface area contributed by atoms with E-state index in [-0.39, 0.29) is 5.54 Å². The normalized spacial score (nSPS) is 15.3. The van der Waals surface area contributed by atoms with E-state index in [2.05, 4.69) is 26.1 Å². The van der Waals surface area contributed by atoms with Crippen molar-refractivity contribution in [1.82, 2.24) is 5.32 Å². The van der Waals surface area contributed by atoms with Gasteiger partial charge in [0.1, 0.15) is 0 Å². The van der Waals surface area contributed by atoms with E-state index < -0.39 is 5.60 Å². The summed E-state index contributed by atoms with van der Waals surface area (Å²) >= 11 is 12.0. The molecule has 0 saturated heterocycles. The average molecular weight is 304 g/mol. The first-order valence-electron chi connectivity index (χ1n) is 6.50. The summed E-state index contributed by atoms with van der Waals surface area (Å²) < 4.78 is 0. The fourth-order valence-corrected chi connectivity index (χ4v) is 2.35. The number of aliphatic hydroxyl groups is 1. The molecule has 0 heterocycles. The third-order valence-corrected chi connectivity index (χ3v) is 3.49. The Hall–Kier alpha value is -0.280. The molecule has 1 unspecified atom stereocenters. The van der Waals surface area contributed by atoms with Gasteiger partial charge >= 0.3 is 0 Å². The summed E-state index contributed by atoms with van der Waals surface area (Å²) in [5.41, 5.74) is 0.204. The average Bonchev–Trinajstić information content (AvgIpc) is 2.20. The maximum Gasteiger partial charge on any atom is 0.0672 e. The second-order valence-electron chi connectivity index (χ2n) is 6.34. The number of halogens is 2. The minimum absolute atomic E-state index is 0.0635. The van der Waals surface area contributed by atoms with Crippen LogP contribution in [-0.4, -0.2) is 22.8 Å². The van der Waals surface area contributed by atoms with Gasteiger partial charge in [0, 0.05) is 22.0 Å². The molecular weight excluding hydrogens is 281 g/mol. The lowest BCUT2D eigenvalue weighted by atomic mass is 9.93. The molecule has 1 aromatic carbocycles. The molecule has 0 aliphatic rings. The highest BCUT2D eigenvalue weighted by Crippen LogP contribution is 2.26. The summed E-state index contributed by atoms with van der Waals surface area (Å²) in [7, 11) is 0. The quantitative estimate of drug-likeness (QED) is 0.859. The molecule has 2 nitrogen and oxygen atoms in total. The largest absolute Gasteiger partial charge is 0.390 e. The Morgan fingerprint density at radius 3 is 2.32 bits per heavy atom. The first-order chi connectivity index (χ1) is 8.59. The number of hydrogen-bond acceptors (Lipinski definition) is 2. The van der Waals surface area contributed by atoms with Gasteiger partial charge < -0.3 is 10.4 Å². The zero-order valence-corrected chi connectivity index (χ0v) is 13.6. The molecule has 1 atom stereocenters. The van der Waals surface area contributed by atoms with Gasteiger partial charge in [-0.1, -0.05) is 29.3 Å². The molecule has 0 saturated carbocycles. The molecule has 0 fully saturated rings. The Morgan fingerprint density at radius 2 is 1.79 bits per heavy atom. The highest BCUT2D eigenvalue weighted by Gasteiger charge is 2.22. The van der Waals surface area contributed by atoms with E-state index in [1.165, 1.54) is 0 Å². The van der Waals surface area contributed by atoms with Crippen molar-refractivity contribution in [2.45, 2.75) is 51.7 Å². The fourth-order valence-electron chi connectivity index (χ4n) is 1.87. The van der Waals surface area contributed by atoms with E-state index in [0.29, 0.717) is 22.9 Å². The van der Waals surface area contributed by atoms with Crippen molar-refractivity contribution in [3.05, 3.63) is 33.8 Å². The summed E-state index contributed by atoms with van der Waals surface area (Å²) in [6.07, 6.45) is 1.19. The Morgan fingerprint density at radius 1 is 1.16 bits per heavy atom. The van der Waals surface area contributed by atoms with E-state index in [1.54, 1.807) is 12.1 Å². The zero-order chi connectivity index (χ0) is 14.7. The Balaban J connectivity index is 2.58. The zero-order valence-electron chi connectivity index (χ0n) is 12.1. The van der Waals surface area contributed by atoms with E-state index in [1.807, 2.05) is 13.0 Å². The van der Waals surface area contributed by atoms with Crippen molar-refractivity contribution in [2.75, 3.05) is 6.54 Å². The summed E-state index contributed by atoms with van der Waals surface area (Å²) in [6.45, 7) is 8.93. The van der Waals surface area contributed by atoms with Crippen molar-refractivity contribution >= 4 is 23.2 Å². The summed E-state index contributed by atoms with van der Waals surface area (Å²) in [4.78, 5) is 0. The van der Waals surface area contributed by atoms with Gasteiger partial charge in [0.25, 0.3) is 0 Å². The number of benzene rings is 1.